The molecule has 1 aliphatic rings. The van der Waals surface area contributed by atoms with E-state index in [1.54, 1.807) is 0 Å². The minimum absolute atomic E-state index is 0.0938. The van der Waals surface area contributed by atoms with Gasteiger partial charge in [-0.05, 0) is 34.1 Å². The Kier molecular flexibility index (Phi) is 5.33. The molecule has 0 atom stereocenters. The Bertz CT molecular complexity index is 479. The highest BCUT2D eigenvalue weighted by molar-refractivity contribution is 9.10. The maximum Gasteiger partial charge on any atom is 0.272 e. The average molecular weight is 347 g/mol. The summed E-state index contributed by atoms with van der Waals surface area (Å²) in [5, 5.41) is 1.90. The summed E-state index contributed by atoms with van der Waals surface area (Å²) in [7, 11) is 2.13. The second-order valence-corrected chi connectivity index (χ2v) is 5.70. The molecule has 7 heteroatoms. The van der Waals surface area contributed by atoms with Crippen molar-refractivity contribution in [2.75, 3.05) is 39.8 Å². The number of rotatable bonds is 4. The van der Waals surface area contributed by atoms with Gasteiger partial charge in [0, 0.05) is 0 Å². The number of nitrogens with zero attached hydrogens (tertiary/aromatic N) is 1. The zero-order valence-corrected chi connectivity index (χ0v) is 12.9. The number of halogens is 2. The molecule has 2 N–H and O–H groups in total. The second-order valence-electron chi connectivity index (χ2n) is 4.84. The predicted molar refractivity (Wildman–Crippen MR) is 75.9 cm³/mol. The van der Waals surface area contributed by atoms with Crippen molar-refractivity contribution in [1.29, 1.82) is 0 Å². The van der Waals surface area contributed by atoms with E-state index in [-0.39, 0.29) is 18.3 Å². The maximum absolute atomic E-state index is 12.9. The van der Waals surface area contributed by atoms with Crippen LogP contribution in [0.15, 0.2) is 22.7 Å². The van der Waals surface area contributed by atoms with Gasteiger partial charge in [-0.2, -0.15) is 0 Å². The summed E-state index contributed by atoms with van der Waals surface area (Å²) >= 11 is 3.19. The van der Waals surface area contributed by atoms with Crippen molar-refractivity contribution in [1.82, 2.24) is 10.4 Å². The van der Waals surface area contributed by atoms with Crippen LogP contribution in [0.25, 0.3) is 0 Å². The first-order valence-electron chi connectivity index (χ1n) is 6.48. The number of quaternary nitrogens is 1. The molecular weight excluding hydrogens is 329 g/mol. The summed E-state index contributed by atoms with van der Waals surface area (Å²) in [6.07, 6.45) is 0. The number of nitrogens with one attached hydrogen (secondary N) is 2. The minimum Gasteiger partial charge on any atom is -0.483 e. The van der Waals surface area contributed by atoms with Crippen LogP contribution in [0.5, 0.6) is 5.75 Å². The van der Waals surface area contributed by atoms with E-state index in [4.69, 9.17) is 4.74 Å². The van der Waals surface area contributed by atoms with Crippen LogP contribution in [-0.2, 0) is 4.79 Å². The summed E-state index contributed by atoms with van der Waals surface area (Å²) in [6, 6.07) is 4.09. The van der Waals surface area contributed by atoms with Crippen LogP contribution in [0, 0.1) is 5.82 Å². The molecular formula is C13H18BrFN3O2+. The maximum atomic E-state index is 12.9. The van der Waals surface area contributed by atoms with Gasteiger partial charge in [0.25, 0.3) is 5.91 Å². The van der Waals surface area contributed by atoms with Crippen molar-refractivity contribution in [2.45, 2.75) is 0 Å². The SMILES string of the molecule is C[NH+]1CCN(NC(=O)COc2ccc(F)cc2Br)CC1. The van der Waals surface area contributed by atoms with E-state index in [1.807, 2.05) is 5.01 Å². The summed E-state index contributed by atoms with van der Waals surface area (Å²) in [6.45, 7) is 3.58. The number of hydrazine groups is 1. The molecule has 1 amide bonds. The number of carbonyl (C=O) groups excluding carboxylic acids is 1. The fourth-order valence-electron chi connectivity index (χ4n) is 1.94. The van der Waals surface area contributed by atoms with Gasteiger partial charge in [0.1, 0.15) is 11.6 Å². The van der Waals surface area contributed by atoms with E-state index >= 15 is 0 Å². The molecule has 0 aliphatic carbocycles. The Morgan fingerprint density at radius 1 is 1.50 bits per heavy atom. The van der Waals surface area contributed by atoms with Crippen molar-refractivity contribution in [2.24, 2.45) is 0 Å². The average Bonchev–Trinajstić information content (AvgIpc) is 2.40. The van der Waals surface area contributed by atoms with E-state index in [2.05, 4.69) is 28.4 Å². The molecule has 0 saturated carbocycles. The van der Waals surface area contributed by atoms with Crippen LogP contribution in [0.2, 0.25) is 0 Å². The number of carbonyl (C=O) groups is 1. The lowest BCUT2D eigenvalue weighted by Crippen LogP contribution is -3.12. The number of piperazine rings is 1. The molecule has 1 aromatic carbocycles. The molecule has 1 aliphatic heterocycles. The summed E-state index contributed by atoms with van der Waals surface area (Å²) in [5.74, 6) is -0.112. The minimum atomic E-state index is -0.353. The molecule has 1 saturated heterocycles. The van der Waals surface area contributed by atoms with Crippen molar-refractivity contribution >= 4 is 21.8 Å². The van der Waals surface area contributed by atoms with Crippen LogP contribution < -0.4 is 15.1 Å². The molecule has 0 unspecified atom stereocenters. The van der Waals surface area contributed by atoms with E-state index < -0.39 is 0 Å². The number of hydrogen-bond donors (Lipinski definition) is 2. The van der Waals surface area contributed by atoms with Crippen LogP contribution in [0.1, 0.15) is 0 Å². The Morgan fingerprint density at radius 2 is 2.20 bits per heavy atom. The molecule has 5 nitrogen and oxygen atoms in total. The molecule has 2 rings (SSSR count). The Morgan fingerprint density at radius 3 is 2.85 bits per heavy atom. The standard InChI is InChI=1S/C13H17BrFN3O2/c1-17-4-6-18(7-5-17)16-13(19)9-20-12-3-2-10(15)8-11(12)14/h2-3,8H,4-7,9H2,1H3,(H,16,19)/p+1. The van der Waals surface area contributed by atoms with E-state index in [1.165, 1.54) is 23.1 Å². The lowest BCUT2D eigenvalue weighted by molar-refractivity contribution is -0.884. The Labute approximate surface area is 125 Å². The topological polar surface area (TPSA) is 46.0 Å². The van der Waals surface area contributed by atoms with Gasteiger partial charge in [-0.1, -0.05) is 0 Å². The zero-order chi connectivity index (χ0) is 14.5. The molecule has 110 valence electrons. The highest BCUT2D eigenvalue weighted by Crippen LogP contribution is 2.25. The third kappa shape index (κ3) is 4.43. The van der Waals surface area contributed by atoms with Crippen molar-refractivity contribution in [3.05, 3.63) is 28.5 Å². The number of amides is 1. The number of benzene rings is 1. The summed E-state index contributed by atoms with van der Waals surface area (Å²) < 4.78 is 18.8. The van der Waals surface area contributed by atoms with Crippen LogP contribution >= 0.6 is 15.9 Å². The second kappa shape index (κ2) is 7.01. The Balaban J connectivity index is 1.77. The number of ether oxygens (including phenoxy) is 1. The smallest absolute Gasteiger partial charge is 0.272 e. The predicted octanol–water partition coefficient (Wildman–Crippen LogP) is -0.171. The summed E-state index contributed by atoms with van der Waals surface area (Å²) in [5.41, 5.74) is 2.81. The third-order valence-corrected chi connectivity index (χ3v) is 3.77. The highest BCUT2D eigenvalue weighted by atomic mass is 79.9. The van der Waals surface area contributed by atoms with Gasteiger partial charge in [-0.25, -0.2) is 9.40 Å². The fraction of sp³-hybridized carbons (Fsp3) is 0.462. The van der Waals surface area contributed by atoms with Gasteiger partial charge < -0.3 is 9.64 Å². The largest absolute Gasteiger partial charge is 0.483 e. The van der Waals surface area contributed by atoms with Crippen molar-refractivity contribution in [3.8, 4) is 5.75 Å². The fourth-order valence-corrected chi connectivity index (χ4v) is 2.41. The third-order valence-electron chi connectivity index (χ3n) is 3.15. The molecule has 0 radical (unpaired) electrons. The Hall–Kier alpha value is -1.18. The van der Waals surface area contributed by atoms with E-state index in [9.17, 15) is 9.18 Å². The van der Waals surface area contributed by atoms with Gasteiger partial charge >= 0.3 is 0 Å². The van der Waals surface area contributed by atoms with Crippen molar-refractivity contribution in [3.63, 3.8) is 0 Å². The van der Waals surface area contributed by atoms with Gasteiger partial charge in [0.15, 0.2) is 6.61 Å². The van der Waals surface area contributed by atoms with Gasteiger partial charge in [0.05, 0.1) is 37.7 Å². The van der Waals surface area contributed by atoms with Gasteiger partial charge in [-0.15, -0.1) is 0 Å². The first kappa shape index (κ1) is 15.2. The highest BCUT2D eigenvalue weighted by Gasteiger charge is 2.18. The molecule has 0 aromatic heterocycles. The lowest BCUT2D eigenvalue weighted by Gasteiger charge is -2.30. The van der Waals surface area contributed by atoms with Crippen LogP contribution in [-0.4, -0.2) is 50.7 Å². The van der Waals surface area contributed by atoms with Crippen molar-refractivity contribution < 1.29 is 18.8 Å². The quantitative estimate of drug-likeness (QED) is 0.795. The molecule has 1 heterocycles. The normalized spacial score (nSPS) is 16.9. The number of likely N-dealkylation sites (N-methyl/N-ethyl adjacent to an activating group) is 1. The zero-order valence-electron chi connectivity index (χ0n) is 11.3. The number of hydrogen-bond acceptors (Lipinski definition) is 3. The molecule has 0 bridgehead atoms. The monoisotopic (exact) mass is 346 g/mol. The summed E-state index contributed by atoms with van der Waals surface area (Å²) in [4.78, 5) is 13.2. The van der Waals surface area contributed by atoms with Crippen LogP contribution in [0.4, 0.5) is 4.39 Å². The molecule has 0 spiro atoms. The van der Waals surface area contributed by atoms with Gasteiger partial charge in [0.2, 0.25) is 0 Å². The molecule has 20 heavy (non-hydrogen) atoms. The lowest BCUT2D eigenvalue weighted by atomic mass is 10.3. The van der Waals surface area contributed by atoms with Crippen LogP contribution in [0.3, 0.4) is 0 Å². The van der Waals surface area contributed by atoms with E-state index in [0.29, 0.717) is 10.2 Å². The molecule has 1 fully saturated rings. The van der Waals surface area contributed by atoms with E-state index in [0.717, 1.165) is 26.2 Å². The molecule has 1 aromatic rings. The van der Waals surface area contributed by atoms with Gasteiger partial charge in [-0.3, -0.25) is 10.2 Å². The first-order chi connectivity index (χ1) is 9.54. The first-order valence-corrected chi connectivity index (χ1v) is 7.27.